The van der Waals surface area contributed by atoms with Gasteiger partial charge in [-0.15, -0.1) is 12.4 Å². The molecular weight excluding hydrogens is 592 g/mol. The zero-order valence-corrected chi connectivity index (χ0v) is 30.3. The molecule has 0 fully saturated rings. The molecule has 0 saturated heterocycles. The Morgan fingerprint density at radius 2 is 0.578 bits per heavy atom. The van der Waals surface area contributed by atoms with E-state index in [0.717, 1.165) is 25.7 Å². The molecule has 0 radical (unpaired) electrons. The lowest BCUT2D eigenvalue weighted by molar-refractivity contribution is -0.0121. The largest absolute Gasteiger partial charge is 0.395 e. The normalized spacial score (nSPS) is 15.3. The molecule has 6 atom stereocenters. The standard InChI is InChI=1S/2C18H39NO3.ClH/c2*1-2-3-4-5-6-7-8-9-10-11-12-13-14-17(21)18(22)16(19)15-20;/h2*16-18,20-22H,2-15,19H2,1H3;1H/t2*16-,17+,18-;/m00./s1. The second-order valence-corrected chi connectivity index (χ2v) is 13.2. The summed E-state index contributed by atoms with van der Waals surface area (Å²) in [7, 11) is 0. The van der Waals surface area contributed by atoms with Crippen LogP contribution in [-0.2, 0) is 0 Å². The molecule has 10 N–H and O–H groups in total. The SMILES string of the molecule is CCCCCCCCCCCCCC[C@@H](O)[C@@H](O)[C@@H](N)CO.CCCCCCCCCCCCCC[C@@H](O)[C@@H](O)[C@@H](N)CO.Cl. The van der Waals surface area contributed by atoms with Gasteiger partial charge in [0.2, 0.25) is 0 Å². The lowest BCUT2D eigenvalue weighted by atomic mass is 10.00. The van der Waals surface area contributed by atoms with Crippen LogP contribution in [0.3, 0.4) is 0 Å². The quantitative estimate of drug-likeness (QED) is 0.0367. The summed E-state index contributed by atoms with van der Waals surface area (Å²) in [6.07, 6.45) is 28.2. The van der Waals surface area contributed by atoms with Gasteiger partial charge in [-0.2, -0.15) is 0 Å². The maximum Gasteiger partial charge on any atom is 0.0971 e. The Kier molecular flexibility index (Phi) is 42.1. The average Bonchev–Trinajstić information content (AvgIpc) is 3.04. The first kappa shape index (κ1) is 49.4. The first-order valence-electron chi connectivity index (χ1n) is 18.7. The molecule has 276 valence electrons. The van der Waals surface area contributed by atoms with Crippen molar-refractivity contribution in [1.82, 2.24) is 0 Å². The van der Waals surface area contributed by atoms with Gasteiger partial charge in [0.1, 0.15) is 0 Å². The Bertz CT molecular complexity index is 506. The molecule has 0 aromatic carbocycles. The lowest BCUT2D eigenvalue weighted by Gasteiger charge is -2.22. The maximum absolute atomic E-state index is 9.74. The molecular formula is C36H79ClN2O6. The van der Waals surface area contributed by atoms with E-state index in [0.29, 0.717) is 12.8 Å². The highest BCUT2D eigenvalue weighted by Gasteiger charge is 2.23. The van der Waals surface area contributed by atoms with Crippen molar-refractivity contribution in [3.8, 4) is 0 Å². The fourth-order valence-electron chi connectivity index (χ4n) is 5.52. The Balaban J connectivity index is -0.000000767. The zero-order valence-electron chi connectivity index (χ0n) is 29.5. The van der Waals surface area contributed by atoms with Gasteiger partial charge in [0.05, 0.1) is 49.7 Å². The number of rotatable bonds is 32. The highest BCUT2D eigenvalue weighted by atomic mass is 35.5. The lowest BCUT2D eigenvalue weighted by Crippen LogP contribution is -2.45. The molecule has 8 nitrogen and oxygen atoms in total. The minimum Gasteiger partial charge on any atom is -0.395 e. The number of nitrogens with two attached hydrogens (primary N) is 2. The molecule has 0 amide bonds. The van der Waals surface area contributed by atoms with E-state index in [9.17, 15) is 20.4 Å². The minimum absolute atomic E-state index is 0. The average molecular weight is 671 g/mol. The second kappa shape index (κ2) is 38.4. The van der Waals surface area contributed by atoms with Crippen molar-refractivity contribution in [1.29, 1.82) is 0 Å². The predicted octanol–water partition coefficient (Wildman–Crippen LogP) is 6.66. The van der Waals surface area contributed by atoms with Crippen molar-refractivity contribution < 1.29 is 30.6 Å². The van der Waals surface area contributed by atoms with Gasteiger partial charge in [-0.05, 0) is 12.8 Å². The molecule has 0 aromatic heterocycles. The van der Waals surface area contributed by atoms with Gasteiger partial charge in [0, 0.05) is 0 Å². The maximum atomic E-state index is 9.74. The highest BCUT2D eigenvalue weighted by Crippen LogP contribution is 2.15. The Labute approximate surface area is 284 Å². The summed E-state index contributed by atoms with van der Waals surface area (Å²) in [4.78, 5) is 0. The summed E-state index contributed by atoms with van der Waals surface area (Å²) in [5, 5.41) is 56.4. The van der Waals surface area contributed by atoms with Gasteiger partial charge in [-0.3, -0.25) is 0 Å². The molecule has 0 aliphatic carbocycles. The monoisotopic (exact) mass is 671 g/mol. The molecule has 0 saturated carbocycles. The third kappa shape index (κ3) is 33.7. The van der Waals surface area contributed by atoms with Crippen molar-refractivity contribution in [2.75, 3.05) is 13.2 Å². The van der Waals surface area contributed by atoms with E-state index in [1.807, 2.05) is 0 Å². The van der Waals surface area contributed by atoms with Crippen LogP contribution >= 0.6 is 12.4 Å². The van der Waals surface area contributed by atoms with Gasteiger partial charge in [0.15, 0.2) is 0 Å². The van der Waals surface area contributed by atoms with Gasteiger partial charge >= 0.3 is 0 Å². The van der Waals surface area contributed by atoms with Crippen LogP contribution in [0.2, 0.25) is 0 Å². The summed E-state index contributed by atoms with van der Waals surface area (Å²) < 4.78 is 0. The third-order valence-corrected chi connectivity index (χ3v) is 8.79. The van der Waals surface area contributed by atoms with Crippen LogP contribution < -0.4 is 11.5 Å². The molecule has 0 aliphatic heterocycles. The second-order valence-electron chi connectivity index (χ2n) is 13.2. The first-order valence-corrected chi connectivity index (χ1v) is 18.7. The van der Waals surface area contributed by atoms with Gasteiger partial charge in [-0.1, -0.05) is 168 Å². The van der Waals surface area contributed by atoms with E-state index < -0.39 is 36.5 Å². The van der Waals surface area contributed by atoms with Crippen LogP contribution in [0.5, 0.6) is 0 Å². The van der Waals surface area contributed by atoms with Crippen LogP contribution in [0, 0.1) is 0 Å². The van der Waals surface area contributed by atoms with Crippen LogP contribution in [0.1, 0.15) is 181 Å². The Morgan fingerprint density at radius 1 is 0.378 bits per heavy atom. The van der Waals surface area contributed by atoms with Crippen molar-refractivity contribution in [3.63, 3.8) is 0 Å². The number of halogens is 1. The Hall–Kier alpha value is -0.0300. The van der Waals surface area contributed by atoms with E-state index in [4.69, 9.17) is 21.7 Å². The van der Waals surface area contributed by atoms with Crippen molar-refractivity contribution in [3.05, 3.63) is 0 Å². The third-order valence-electron chi connectivity index (χ3n) is 8.79. The van der Waals surface area contributed by atoms with Gasteiger partial charge < -0.3 is 42.1 Å². The minimum atomic E-state index is -1.02. The molecule has 45 heavy (non-hydrogen) atoms. The molecule has 0 aliphatic rings. The fraction of sp³-hybridized carbons (Fsp3) is 1.00. The van der Waals surface area contributed by atoms with Crippen LogP contribution in [0.15, 0.2) is 0 Å². The number of unbranched alkanes of at least 4 members (excludes halogenated alkanes) is 22. The number of hydrogen-bond acceptors (Lipinski definition) is 8. The van der Waals surface area contributed by atoms with Gasteiger partial charge in [-0.25, -0.2) is 0 Å². The van der Waals surface area contributed by atoms with Crippen molar-refractivity contribution >= 4 is 12.4 Å². The zero-order chi connectivity index (χ0) is 33.3. The molecule has 0 rings (SSSR count). The Morgan fingerprint density at radius 3 is 0.778 bits per heavy atom. The predicted molar refractivity (Wildman–Crippen MR) is 193 cm³/mol. The van der Waals surface area contributed by atoms with E-state index in [1.165, 1.54) is 128 Å². The summed E-state index contributed by atoms with van der Waals surface area (Å²) >= 11 is 0. The fourth-order valence-corrected chi connectivity index (χ4v) is 5.52. The molecule has 0 unspecified atom stereocenters. The van der Waals surface area contributed by atoms with Crippen molar-refractivity contribution in [2.24, 2.45) is 11.5 Å². The topological polar surface area (TPSA) is 173 Å². The number of aliphatic hydroxyl groups excluding tert-OH is 6. The summed E-state index contributed by atoms with van der Waals surface area (Å²) in [5.74, 6) is 0. The van der Waals surface area contributed by atoms with E-state index >= 15 is 0 Å². The van der Waals surface area contributed by atoms with E-state index in [1.54, 1.807) is 0 Å². The molecule has 9 heteroatoms. The number of aliphatic hydroxyl groups is 6. The molecule has 0 aromatic rings. The van der Waals surface area contributed by atoms with Gasteiger partial charge in [0.25, 0.3) is 0 Å². The molecule has 0 spiro atoms. The van der Waals surface area contributed by atoms with E-state index in [2.05, 4.69) is 13.8 Å². The summed E-state index contributed by atoms with van der Waals surface area (Å²) in [6, 6.07) is -1.49. The van der Waals surface area contributed by atoms with Crippen LogP contribution in [0.4, 0.5) is 0 Å². The van der Waals surface area contributed by atoms with Crippen LogP contribution in [-0.4, -0.2) is 80.4 Å². The van der Waals surface area contributed by atoms with Crippen LogP contribution in [0.25, 0.3) is 0 Å². The number of hydrogen-bond donors (Lipinski definition) is 8. The smallest absolute Gasteiger partial charge is 0.0971 e. The van der Waals surface area contributed by atoms with Crippen molar-refractivity contribution in [2.45, 2.75) is 217 Å². The summed E-state index contributed by atoms with van der Waals surface area (Å²) in [6.45, 7) is 3.91. The first-order chi connectivity index (χ1) is 21.3. The van der Waals surface area contributed by atoms with E-state index in [-0.39, 0.29) is 25.6 Å². The summed E-state index contributed by atoms with van der Waals surface area (Å²) in [5.41, 5.74) is 11.0. The molecule has 0 bridgehead atoms. The highest BCUT2D eigenvalue weighted by molar-refractivity contribution is 5.85. The molecule has 0 heterocycles.